The van der Waals surface area contributed by atoms with Gasteiger partial charge in [-0.3, -0.25) is 9.69 Å². The lowest BCUT2D eigenvalue weighted by Crippen LogP contribution is -2.54. The minimum Gasteiger partial charge on any atom is -0.467 e. The Hall–Kier alpha value is -2.49. The molecule has 9 nitrogen and oxygen atoms in total. The van der Waals surface area contributed by atoms with Crippen molar-refractivity contribution in [3.05, 3.63) is 41.7 Å². The molecule has 9 heteroatoms. The van der Waals surface area contributed by atoms with Crippen LogP contribution in [-0.2, 0) is 16.7 Å². The number of amides is 1. The van der Waals surface area contributed by atoms with Crippen molar-refractivity contribution >= 4 is 11.7 Å². The molecule has 1 amide bonds. The Bertz CT molecular complexity index is 998. The number of nitrogens with zero attached hydrogens (tertiary/aromatic N) is 4. The van der Waals surface area contributed by atoms with Crippen LogP contribution in [0, 0.1) is 11.8 Å². The molecule has 2 aliphatic heterocycles. The van der Waals surface area contributed by atoms with E-state index < -0.39 is 0 Å². The lowest BCUT2D eigenvalue weighted by molar-refractivity contribution is 0.0235. The fraction of sp³-hybridized carbons (Fsp3) is 0.679. The van der Waals surface area contributed by atoms with Crippen molar-refractivity contribution in [3.8, 4) is 0 Å². The van der Waals surface area contributed by atoms with Gasteiger partial charge >= 0.3 is 0 Å². The zero-order valence-corrected chi connectivity index (χ0v) is 23.1. The first-order valence-corrected chi connectivity index (χ1v) is 13.7. The molecule has 2 N–H and O–H groups in total. The van der Waals surface area contributed by atoms with Crippen LogP contribution in [0.5, 0.6) is 0 Å². The number of nitrogens with one attached hydrogen (secondary N) is 2. The second-order valence-electron chi connectivity index (χ2n) is 11.8. The second-order valence-corrected chi connectivity index (χ2v) is 11.8. The highest BCUT2D eigenvalue weighted by Crippen LogP contribution is 2.26. The maximum atomic E-state index is 14.1. The summed E-state index contributed by atoms with van der Waals surface area (Å²) in [6.07, 6.45) is 4.34. The zero-order chi connectivity index (χ0) is 26.4. The summed E-state index contributed by atoms with van der Waals surface area (Å²) in [5.41, 5.74) is 0.274. The Balaban J connectivity index is 1.56. The first-order valence-electron chi connectivity index (χ1n) is 13.7. The van der Waals surface area contributed by atoms with E-state index in [0.29, 0.717) is 42.1 Å². The van der Waals surface area contributed by atoms with Gasteiger partial charge in [0.2, 0.25) is 0 Å². The fourth-order valence-electron chi connectivity index (χ4n) is 5.10. The van der Waals surface area contributed by atoms with Crippen molar-refractivity contribution in [3.63, 3.8) is 0 Å². The van der Waals surface area contributed by atoms with Crippen LogP contribution in [0.1, 0.15) is 63.0 Å². The van der Waals surface area contributed by atoms with Crippen LogP contribution < -0.4 is 10.6 Å². The molecule has 2 aromatic rings. The molecular weight excluding hydrogens is 468 g/mol. The van der Waals surface area contributed by atoms with E-state index in [1.165, 1.54) is 0 Å². The average Bonchev–Trinajstić information content (AvgIpc) is 3.39. The van der Waals surface area contributed by atoms with E-state index in [1.807, 2.05) is 12.1 Å². The molecule has 0 aromatic carbocycles. The van der Waals surface area contributed by atoms with Crippen molar-refractivity contribution in [2.24, 2.45) is 11.8 Å². The fourth-order valence-corrected chi connectivity index (χ4v) is 5.10. The number of morpholine rings is 1. The number of hydrogen-bond acceptors (Lipinski definition) is 8. The van der Waals surface area contributed by atoms with Crippen LogP contribution in [0.2, 0.25) is 0 Å². The number of carbonyl (C=O) groups is 1. The molecule has 0 spiro atoms. The van der Waals surface area contributed by atoms with Crippen molar-refractivity contribution in [1.29, 1.82) is 0 Å². The van der Waals surface area contributed by atoms with Crippen molar-refractivity contribution < 1.29 is 13.9 Å². The molecule has 4 rings (SSSR count). The number of rotatable bonds is 9. The molecule has 0 aliphatic carbocycles. The molecule has 2 fully saturated rings. The number of hydrogen-bond donors (Lipinski definition) is 2. The Morgan fingerprint density at radius 2 is 2.05 bits per heavy atom. The third-order valence-electron chi connectivity index (χ3n) is 7.00. The van der Waals surface area contributed by atoms with Crippen LogP contribution in [0.25, 0.3) is 0 Å². The topological polar surface area (TPSA) is 95.8 Å². The average molecular weight is 513 g/mol. The van der Waals surface area contributed by atoms with Crippen molar-refractivity contribution in [2.45, 2.75) is 59.0 Å². The minimum atomic E-state index is -0.236. The molecule has 2 saturated heterocycles. The van der Waals surface area contributed by atoms with Crippen LogP contribution in [0.3, 0.4) is 0 Å². The van der Waals surface area contributed by atoms with Crippen LogP contribution in [0.4, 0.5) is 5.82 Å². The first kappa shape index (κ1) is 27.5. The van der Waals surface area contributed by atoms with Gasteiger partial charge < -0.3 is 24.7 Å². The number of carbonyl (C=O) groups excluding carboxylic acids is 1. The molecule has 2 aliphatic rings. The summed E-state index contributed by atoms with van der Waals surface area (Å²) < 4.78 is 11.0. The number of furan rings is 1. The summed E-state index contributed by atoms with van der Waals surface area (Å²) in [6.45, 7) is 18.1. The van der Waals surface area contributed by atoms with Gasteiger partial charge in [-0.15, -0.1) is 0 Å². The Labute approximate surface area is 221 Å². The summed E-state index contributed by atoms with van der Waals surface area (Å²) in [5, 5.41) is 6.97. The van der Waals surface area contributed by atoms with Crippen LogP contribution in [-0.4, -0.2) is 84.2 Å². The Morgan fingerprint density at radius 3 is 2.73 bits per heavy atom. The Morgan fingerprint density at radius 1 is 1.27 bits per heavy atom. The summed E-state index contributed by atoms with van der Waals surface area (Å²) in [5.74, 6) is 2.87. The van der Waals surface area contributed by atoms with Crippen LogP contribution in [0.15, 0.2) is 29.0 Å². The maximum Gasteiger partial charge on any atom is 0.259 e. The molecular formula is C28H44N6O3. The van der Waals surface area contributed by atoms with Gasteiger partial charge in [0.25, 0.3) is 5.91 Å². The van der Waals surface area contributed by atoms with Crippen LogP contribution >= 0.6 is 0 Å². The number of piperidine rings is 1. The highest BCUT2D eigenvalue weighted by atomic mass is 16.5. The van der Waals surface area contributed by atoms with Crippen molar-refractivity contribution in [2.75, 3.05) is 57.8 Å². The molecule has 0 radical (unpaired) electrons. The molecule has 204 valence electrons. The third-order valence-corrected chi connectivity index (χ3v) is 7.00. The molecule has 0 bridgehead atoms. The van der Waals surface area contributed by atoms with E-state index in [4.69, 9.17) is 14.1 Å². The van der Waals surface area contributed by atoms with Crippen molar-refractivity contribution in [1.82, 2.24) is 25.1 Å². The first-order chi connectivity index (χ1) is 17.7. The summed E-state index contributed by atoms with van der Waals surface area (Å²) >= 11 is 0. The summed E-state index contributed by atoms with van der Waals surface area (Å²) in [6, 6.07) is 3.89. The van der Waals surface area contributed by atoms with E-state index in [-0.39, 0.29) is 17.4 Å². The SMILES string of the molecule is CC(C)CN(C(=O)c1cnc(C(C)(C)C)nc1NCc1ccco1)C1CNCC(CN2CCOCC2)C1. The lowest BCUT2D eigenvalue weighted by Gasteiger charge is -2.40. The highest BCUT2D eigenvalue weighted by molar-refractivity contribution is 5.98. The molecule has 4 heterocycles. The van der Waals surface area contributed by atoms with Gasteiger partial charge in [-0.1, -0.05) is 34.6 Å². The summed E-state index contributed by atoms with van der Waals surface area (Å²) in [4.78, 5) is 28.1. The van der Waals surface area contributed by atoms with E-state index in [0.717, 1.165) is 58.1 Å². The number of anilines is 1. The monoisotopic (exact) mass is 512 g/mol. The maximum absolute atomic E-state index is 14.1. The zero-order valence-electron chi connectivity index (χ0n) is 23.1. The molecule has 2 unspecified atom stereocenters. The van der Waals surface area contributed by atoms with E-state index in [9.17, 15) is 4.79 Å². The highest BCUT2D eigenvalue weighted by Gasteiger charge is 2.33. The molecule has 2 aromatic heterocycles. The smallest absolute Gasteiger partial charge is 0.259 e. The van der Waals surface area contributed by atoms with Gasteiger partial charge in [0, 0.05) is 50.4 Å². The predicted octanol–water partition coefficient (Wildman–Crippen LogP) is 3.39. The largest absolute Gasteiger partial charge is 0.467 e. The summed E-state index contributed by atoms with van der Waals surface area (Å²) in [7, 11) is 0. The van der Waals surface area contributed by atoms with E-state index in [1.54, 1.807) is 12.5 Å². The van der Waals surface area contributed by atoms with Gasteiger partial charge in [-0.25, -0.2) is 9.97 Å². The van der Waals surface area contributed by atoms with E-state index >= 15 is 0 Å². The van der Waals surface area contributed by atoms with Gasteiger partial charge in [0.15, 0.2) is 0 Å². The Kier molecular flexibility index (Phi) is 9.21. The van der Waals surface area contributed by atoms with Gasteiger partial charge in [0.1, 0.15) is 23.0 Å². The van der Waals surface area contributed by atoms with Gasteiger partial charge in [-0.05, 0) is 36.9 Å². The molecule has 0 saturated carbocycles. The van der Waals surface area contributed by atoms with E-state index in [2.05, 4.69) is 60.0 Å². The number of aromatic nitrogens is 2. The van der Waals surface area contributed by atoms with Gasteiger partial charge in [0.05, 0.1) is 26.0 Å². The number of ether oxygens (including phenoxy) is 1. The predicted molar refractivity (Wildman–Crippen MR) is 145 cm³/mol. The minimum absolute atomic E-state index is 0.0186. The second kappa shape index (κ2) is 12.4. The van der Waals surface area contributed by atoms with Gasteiger partial charge in [-0.2, -0.15) is 0 Å². The quantitative estimate of drug-likeness (QED) is 0.528. The normalized spacial score (nSPS) is 21.2. The molecule has 2 atom stereocenters. The molecule has 37 heavy (non-hydrogen) atoms. The third kappa shape index (κ3) is 7.52. The lowest BCUT2D eigenvalue weighted by atomic mass is 9.92. The standard InChI is InChI=1S/C28H44N6O3/c1-20(2)18-34(22-13-21(14-29-15-22)19-33-8-11-36-12-9-33)26(35)24-17-31-27(28(3,4)5)32-25(24)30-16-23-7-6-10-37-23/h6-7,10,17,20-22,29H,8-9,11-16,18-19H2,1-5H3,(H,30,31,32).